The normalized spacial score (nSPS) is 13.2. The Labute approximate surface area is 258 Å². The zero-order chi connectivity index (χ0) is 31.9. The van der Waals surface area contributed by atoms with Crippen molar-refractivity contribution in [2.45, 2.75) is 93.5 Å². The first-order valence-corrected chi connectivity index (χ1v) is 15.6. The summed E-state index contributed by atoms with van der Waals surface area (Å²) in [6, 6.07) is 8.40. The second-order valence-electron chi connectivity index (χ2n) is 11.7. The zero-order valence-electron chi connectivity index (χ0n) is 26.8. The summed E-state index contributed by atoms with van der Waals surface area (Å²) < 4.78 is 2.35. The third-order valence-corrected chi connectivity index (χ3v) is 9.26. The summed E-state index contributed by atoms with van der Waals surface area (Å²) >= 11 is 0. The molecule has 0 amide bonds. The van der Waals surface area contributed by atoms with E-state index < -0.39 is 11.9 Å². The van der Waals surface area contributed by atoms with E-state index in [9.17, 15) is 19.8 Å². The van der Waals surface area contributed by atoms with E-state index in [1.165, 1.54) is 27.8 Å². The highest BCUT2D eigenvalue weighted by Gasteiger charge is 2.23. The molecule has 0 aliphatic carbocycles. The SMILES string of the molecule is CCc1c(C)c2cc3c(CC)c(C)c(cc4nc(cc5nc(cc1[nH]2)C(C)=C5CCC(=O)O)C(CCC(=O)O)=C4C)n3CC. The van der Waals surface area contributed by atoms with Crippen molar-refractivity contribution in [3.8, 4) is 0 Å². The maximum atomic E-state index is 11.6. The Morgan fingerprint density at radius 2 is 1.23 bits per heavy atom. The molecule has 3 aromatic heterocycles. The van der Waals surface area contributed by atoms with Gasteiger partial charge in [-0.25, -0.2) is 9.97 Å². The van der Waals surface area contributed by atoms with E-state index in [2.05, 4.69) is 62.4 Å². The van der Waals surface area contributed by atoms with Crippen LogP contribution in [0.1, 0.15) is 105 Å². The van der Waals surface area contributed by atoms with Crippen LogP contribution in [-0.2, 0) is 29.0 Å². The molecule has 5 rings (SSSR count). The number of hydrogen-bond donors (Lipinski definition) is 3. The van der Waals surface area contributed by atoms with Gasteiger partial charge in [-0.15, -0.1) is 0 Å². The van der Waals surface area contributed by atoms with Crippen molar-refractivity contribution in [2.75, 3.05) is 0 Å². The molecule has 0 unspecified atom stereocenters. The fourth-order valence-electron chi connectivity index (χ4n) is 6.78. The quantitative estimate of drug-likeness (QED) is 0.230. The smallest absolute Gasteiger partial charge is 0.303 e. The van der Waals surface area contributed by atoms with E-state index in [-0.39, 0.29) is 12.8 Å². The first-order chi connectivity index (χ1) is 21.0. The van der Waals surface area contributed by atoms with Crippen molar-refractivity contribution in [3.05, 3.63) is 69.3 Å². The van der Waals surface area contributed by atoms with E-state index in [1.54, 1.807) is 0 Å². The number of aliphatic carboxylic acids is 2. The van der Waals surface area contributed by atoms with Gasteiger partial charge >= 0.3 is 11.9 Å². The average molecular weight is 595 g/mol. The Morgan fingerprint density at radius 3 is 1.73 bits per heavy atom. The number of allylic oxidation sites excluding steroid dienone is 4. The molecule has 2 aliphatic rings. The standard InChI is InChI=1S/C36H42N4O4/c1-8-23-19(4)29-18-34-24(9-2)22(7)33(40(34)10-3)17-28-21(6)26(12-14-36(43)44)32(39-28)16-31-25(11-13-35(41)42)20(5)27(37-31)15-30(23)38-29/h15-18,38H,8-14H2,1-7H3,(H,41,42)(H,43,44). The lowest BCUT2D eigenvalue weighted by molar-refractivity contribution is -0.137. The van der Waals surface area contributed by atoms with Crippen molar-refractivity contribution in [1.82, 2.24) is 19.5 Å². The summed E-state index contributed by atoms with van der Waals surface area (Å²) in [5.41, 5.74) is 15.9. The number of hydrogen-bond acceptors (Lipinski definition) is 4. The summed E-state index contributed by atoms with van der Waals surface area (Å²) in [7, 11) is 0. The number of rotatable bonds is 9. The van der Waals surface area contributed by atoms with Crippen molar-refractivity contribution in [3.63, 3.8) is 0 Å². The van der Waals surface area contributed by atoms with Crippen LogP contribution in [-0.4, -0.2) is 41.7 Å². The van der Waals surface area contributed by atoms with Crippen molar-refractivity contribution < 1.29 is 19.8 Å². The number of nitrogens with zero attached hydrogens (tertiary/aromatic N) is 3. The fraction of sp³-hybridized carbons (Fsp3) is 0.389. The van der Waals surface area contributed by atoms with Crippen LogP contribution in [0.4, 0.5) is 0 Å². The second-order valence-corrected chi connectivity index (χ2v) is 11.7. The number of fused-ring (bicyclic) bond motifs is 8. The number of aryl methyl sites for hydroxylation is 5. The summed E-state index contributed by atoms with van der Waals surface area (Å²) in [6.07, 6.45) is 2.40. The van der Waals surface area contributed by atoms with Gasteiger partial charge in [0, 0.05) is 41.5 Å². The minimum Gasteiger partial charge on any atom is -0.481 e. The molecule has 230 valence electrons. The highest BCUT2D eigenvalue weighted by molar-refractivity contribution is 5.96. The molecule has 0 atom stereocenters. The van der Waals surface area contributed by atoms with Crippen LogP contribution in [0.5, 0.6) is 0 Å². The summed E-state index contributed by atoms with van der Waals surface area (Å²) in [5.74, 6) is -1.73. The highest BCUT2D eigenvalue weighted by atomic mass is 16.4. The van der Waals surface area contributed by atoms with Gasteiger partial charge in [-0.1, -0.05) is 13.8 Å². The lowest BCUT2D eigenvalue weighted by Crippen LogP contribution is -1.97. The van der Waals surface area contributed by atoms with Gasteiger partial charge in [0.05, 0.1) is 22.8 Å². The molecule has 5 heterocycles. The van der Waals surface area contributed by atoms with Gasteiger partial charge in [0.25, 0.3) is 0 Å². The number of aromatic amines is 1. The van der Waals surface area contributed by atoms with Gasteiger partial charge in [-0.2, -0.15) is 0 Å². The van der Waals surface area contributed by atoms with E-state index in [4.69, 9.17) is 9.97 Å². The maximum Gasteiger partial charge on any atom is 0.303 e. The fourth-order valence-corrected chi connectivity index (χ4v) is 6.78. The molecule has 0 spiro atoms. The maximum absolute atomic E-state index is 11.6. The predicted octanol–water partition coefficient (Wildman–Crippen LogP) is 8.14. The Kier molecular flexibility index (Phi) is 8.64. The molecule has 44 heavy (non-hydrogen) atoms. The van der Waals surface area contributed by atoms with Gasteiger partial charge in [-0.05, 0) is 129 Å². The molecule has 0 radical (unpaired) electrons. The van der Waals surface area contributed by atoms with Crippen LogP contribution in [0.2, 0.25) is 0 Å². The Balaban J connectivity index is 1.97. The Hall–Kier alpha value is -4.46. The largest absolute Gasteiger partial charge is 0.481 e. The summed E-state index contributed by atoms with van der Waals surface area (Å²) in [4.78, 5) is 37.0. The van der Waals surface area contributed by atoms with E-state index in [1.807, 2.05) is 19.9 Å². The van der Waals surface area contributed by atoms with E-state index in [0.29, 0.717) is 24.2 Å². The number of carboxylic acid groups (broad SMARTS) is 2. The number of nitrogens with one attached hydrogen (secondary N) is 1. The first kappa shape index (κ1) is 31.0. The topological polar surface area (TPSA) is 121 Å². The summed E-state index contributed by atoms with van der Waals surface area (Å²) in [6.45, 7) is 15.6. The van der Waals surface area contributed by atoms with Crippen LogP contribution in [0.15, 0.2) is 24.3 Å². The predicted molar refractivity (Wildman–Crippen MR) is 177 cm³/mol. The molecule has 3 N–H and O–H groups in total. The van der Waals surface area contributed by atoms with Gasteiger partial charge < -0.3 is 19.8 Å². The minimum absolute atomic E-state index is 0.0112. The van der Waals surface area contributed by atoms with Gasteiger partial charge in [0.1, 0.15) is 0 Å². The van der Waals surface area contributed by atoms with Gasteiger partial charge in [-0.3, -0.25) is 9.59 Å². The molecule has 3 aromatic rings. The van der Waals surface area contributed by atoms with Crippen LogP contribution in [0.25, 0.3) is 44.4 Å². The number of H-pyrrole nitrogens is 1. The van der Waals surface area contributed by atoms with Crippen LogP contribution >= 0.6 is 0 Å². The number of carbonyl (C=O) groups is 2. The second kappa shape index (κ2) is 12.3. The van der Waals surface area contributed by atoms with Gasteiger partial charge in [0.15, 0.2) is 0 Å². The molecular weight excluding hydrogens is 552 g/mol. The van der Waals surface area contributed by atoms with Gasteiger partial charge in [0.2, 0.25) is 0 Å². The lowest BCUT2D eigenvalue weighted by atomic mass is 9.98. The molecule has 2 aliphatic heterocycles. The lowest BCUT2D eigenvalue weighted by Gasteiger charge is -2.05. The average Bonchev–Trinajstić information content (AvgIpc) is 3.62. The molecule has 0 fully saturated rings. The van der Waals surface area contributed by atoms with Crippen molar-refractivity contribution in [2.24, 2.45) is 0 Å². The van der Waals surface area contributed by atoms with Crippen LogP contribution in [0, 0.1) is 13.8 Å². The third-order valence-electron chi connectivity index (χ3n) is 9.26. The summed E-state index contributed by atoms with van der Waals surface area (Å²) in [5, 5.41) is 19.0. The molecule has 0 saturated heterocycles. The molecule has 8 nitrogen and oxygen atoms in total. The minimum atomic E-state index is -0.866. The molecular formula is C36H42N4O4. The molecule has 0 aromatic carbocycles. The first-order valence-electron chi connectivity index (χ1n) is 15.6. The van der Waals surface area contributed by atoms with Crippen LogP contribution in [0.3, 0.4) is 0 Å². The Morgan fingerprint density at radius 1 is 0.682 bits per heavy atom. The Bertz CT molecular complexity index is 1920. The number of carboxylic acids is 2. The molecule has 8 heteroatoms. The zero-order valence-corrected chi connectivity index (χ0v) is 26.8. The van der Waals surface area contributed by atoms with Crippen molar-refractivity contribution >= 4 is 56.3 Å². The molecule has 8 bridgehead atoms. The highest BCUT2D eigenvalue weighted by Crippen LogP contribution is 2.38. The van der Waals surface area contributed by atoms with E-state index in [0.717, 1.165) is 69.6 Å². The molecule has 0 saturated carbocycles. The van der Waals surface area contributed by atoms with E-state index >= 15 is 0 Å². The number of aromatic nitrogens is 4. The third kappa shape index (κ3) is 5.49. The van der Waals surface area contributed by atoms with Crippen LogP contribution < -0.4 is 0 Å². The monoisotopic (exact) mass is 594 g/mol. The van der Waals surface area contributed by atoms with Crippen molar-refractivity contribution in [1.29, 1.82) is 0 Å².